The smallest absolute Gasteiger partial charge is 0.390 e. The van der Waals surface area contributed by atoms with Gasteiger partial charge in [0.1, 0.15) is 0 Å². The van der Waals surface area contributed by atoms with Gasteiger partial charge in [-0.3, -0.25) is 0 Å². The maximum atomic E-state index is 12.1. The molecule has 0 atom stereocenters. The minimum atomic E-state index is -4.39. The van der Waals surface area contributed by atoms with Crippen molar-refractivity contribution in [2.75, 3.05) is 13.6 Å². The summed E-state index contributed by atoms with van der Waals surface area (Å²) in [6.07, 6.45) is -5.57. The zero-order chi connectivity index (χ0) is 15.4. The highest BCUT2D eigenvalue weighted by atomic mass is 32.2. The molecule has 0 bridgehead atoms. The fourth-order valence-electron chi connectivity index (χ4n) is 1.56. The van der Waals surface area contributed by atoms with E-state index in [1.165, 1.54) is 6.07 Å². The lowest BCUT2D eigenvalue weighted by Crippen LogP contribution is -2.31. The molecule has 0 aromatic heterocycles. The van der Waals surface area contributed by atoms with Gasteiger partial charge in [0.25, 0.3) is 0 Å². The molecule has 8 heteroatoms. The quantitative estimate of drug-likeness (QED) is 0.873. The highest BCUT2D eigenvalue weighted by molar-refractivity contribution is 7.88. The number of sulfonamides is 1. The van der Waals surface area contributed by atoms with Gasteiger partial charge in [0.15, 0.2) is 0 Å². The van der Waals surface area contributed by atoms with Crippen molar-refractivity contribution in [1.29, 1.82) is 0 Å². The van der Waals surface area contributed by atoms with Crippen LogP contribution in [0.25, 0.3) is 0 Å². The average molecular weight is 311 g/mol. The Morgan fingerprint density at radius 3 is 2.40 bits per heavy atom. The van der Waals surface area contributed by atoms with E-state index in [0.717, 1.165) is 7.05 Å². The zero-order valence-corrected chi connectivity index (χ0v) is 11.7. The molecule has 0 aliphatic rings. The molecular formula is C12H16F3NO3S. The summed E-state index contributed by atoms with van der Waals surface area (Å²) in [4.78, 5) is 0. The van der Waals surface area contributed by atoms with Crippen LogP contribution in [0, 0.1) is 0 Å². The maximum Gasteiger partial charge on any atom is 0.390 e. The molecule has 1 aromatic carbocycles. The van der Waals surface area contributed by atoms with E-state index in [4.69, 9.17) is 5.11 Å². The standard InChI is InChI=1S/C12H16F3NO3S/c1-16(6-5-12(13,14)15)20(18,19)9-11-4-2-3-10(7-11)8-17/h2-4,7,17H,5-6,8-9H2,1H3. The number of benzene rings is 1. The Morgan fingerprint density at radius 2 is 1.85 bits per heavy atom. The summed E-state index contributed by atoms with van der Waals surface area (Å²) < 4.78 is 60.8. The molecule has 0 aliphatic heterocycles. The Balaban J connectivity index is 2.73. The number of aliphatic hydroxyl groups excluding tert-OH is 1. The first-order valence-corrected chi connectivity index (χ1v) is 7.44. The van der Waals surface area contributed by atoms with Crippen molar-refractivity contribution < 1.29 is 26.7 Å². The lowest BCUT2D eigenvalue weighted by Gasteiger charge is -2.18. The average Bonchev–Trinajstić information content (AvgIpc) is 2.34. The molecule has 0 amide bonds. The van der Waals surface area contributed by atoms with E-state index in [-0.39, 0.29) is 6.61 Å². The van der Waals surface area contributed by atoms with E-state index >= 15 is 0 Å². The molecular weight excluding hydrogens is 295 g/mol. The van der Waals surface area contributed by atoms with Crippen molar-refractivity contribution >= 4 is 10.0 Å². The van der Waals surface area contributed by atoms with Crippen LogP contribution in [-0.4, -0.2) is 37.6 Å². The number of nitrogens with zero attached hydrogens (tertiary/aromatic N) is 1. The monoisotopic (exact) mass is 311 g/mol. The zero-order valence-electron chi connectivity index (χ0n) is 10.9. The summed E-state index contributed by atoms with van der Waals surface area (Å²) in [6, 6.07) is 6.28. The van der Waals surface area contributed by atoms with Crippen molar-refractivity contribution in [3.8, 4) is 0 Å². The van der Waals surface area contributed by atoms with Crippen LogP contribution in [0.5, 0.6) is 0 Å². The molecule has 0 fully saturated rings. The summed E-state index contributed by atoms with van der Waals surface area (Å²) >= 11 is 0. The molecule has 20 heavy (non-hydrogen) atoms. The molecule has 0 saturated heterocycles. The molecule has 0 spiro atoms. The molecule has 0 heterocycles. The minimum absolute atomic E-state index is 0.224. The Kier molecular flexibility index (Phi) is 5.55. The van der Waals surface area contributed by atoms with Crippen LogP contribution in [-0.2, 0) is 22.4 Å². The van der Waals surface area contributed by atoms with E-state index < -0.39 is 34.9 Å². The predicted octanol–water partition coefficient (Wildman–Crippen LogP) is 1.89. The van der Waals surface area contributed by atoms with Crippen molar-refractivity contribution in [2.24, 2.45) is 0 Å². The Bertz CT molecular complexity index is 543. The first-order chi connectivity index (χ1) is 9.14. The maximum absolute atomic E-state index is 12.1. The number of rotatable bonds is 6. The van der Waals surface area contributed by atoms with Crippen LogP contribution in [0.15, 0.2) is 24.3 Å². The molecule has 1 N–H and O–H groups in total. The first-order valence-electron chi connectivity index (χ1n) is 5.83. The van der Waals surface area contributed by atoms with E-state index in [1.807, 2.05) is 0 Å². The minimum Gasteiger partial charge on any atom is -0.392 e. The summed E-state index contributed by atoms with van der Waals surface area (Å²) in [6.45, 7) is -0.830. The van der Waals surface area contributed by atoms with E-state index in [9.17, 15) is 21.6 Å². The number of hydrogen-bond donors (Lipinski definition) is 1. The molecule has 1 rings (SSSR count). The summed E-state index contributed by atoms with van der Waals surface area (Å²) in [7, 11) is -2.69. The third kappa shape index (κ3) is 5.48. The summed E-state index contributed by atoms with van der Waals surface area (Å²) in [5, 5.41) is 8.96. The van der Waals surface area contributed by atoms with Crippen molar-refractivity contribution in [2.45, 2.75) is 25.0 Å². The summed E-state index contributed by atoms with van der Waals surface area (Å²) in [5.74, 6) is -0.394. The van der Waals surface area contributed by atoms with Crippen LogP contribution in [0.1, 0.15) is 17.5 Å². The Morgan fingerprint density at radius 1 is 1.25 bits per heavy atom. The molecule has 114 valence electrons. The molecule has 4 nitrogen and oxygen atoms in total. The van der Waals surface area contributed by atoms with E-state index in [1.54, 1.807) is 18.2 Å². The van der Waals surface area contributed by atoms with Crippen LogP contribution >= 0.6 is 0 Å². The lowest BCUT2D eigenvalue weighted by atomic mass is 10.1. The van der Waals surface area contributed by atoms with Gasteiger partial charge >= 0.3 is 6.18 Å². The van der Waals surface area contributed by atoms with Gasteiger partial charge < -0.3 is 5.11 Å². The fraction of sp³-hybridized carbons (Fsp3) is 0.500. The van der Waals surface area contributed by atoms with Crippen LogP contribution < -0.4 is 0 Å². The van der Waals surface area contributed by atoms with Crippen LogP contribution in [0.4, 0.5) is 13.2 Å². The van der Waals surface area contributed by atoms with Gasteiger partial charge in [0.05, 0.1) is 18.8 Å². The van der Waals surface area contributed by atoms with Gasteiger partial charge in [0, 0.05) is 13.6 Å². The molecule has 0 unspecified atom stereocenters. The molecule has 0 saturated carbocycles. The van der Waals surface area contributed by atoms with Crippen LogP contribution in [0.3, 0.4) is 0 Å². The third-order valence-corrected chi connectivity index (χ3v) is 4.54. The number of hydrogen-bond acceptors (Lipinski definition) is 3. The second-order valence-electron chi connectivity index (χ2n) is 4.42. The normalized spacial score (nSPS) is 12.9. The lowest BCUT2D eigenvalue weighted by molar-refractivity contribution is -0.135. The van der Waals surface area contributed by atoms with E-state index in [0.29, 0.717) is 15.4 Å². The highest BCUT2D eigenvalue weighted by Gasteiger charge is 2.29. The summed E-state index contributed by atoms with van der Waals surface area (Å²) in [5.41, 5.74) is 0.978. The number of halogens is 3. The number of alkyl halides is 3. The van der Waals surface area contributed by atoms with Gasteiger partial charge in [-0.05, 0) is 11.1 Å². The Labute approximate surface area is 115 Å². The molecule has 0 aliphatic carbocycles. The van der Waals surface area contributed by atoms with Crippen molar-refractivity contribution in [3.05, 3.63) is 35.4 Å². The SMILES string of the molecule is CN(CCC(F)(F)F)S(=O)(=O)Cc1cccc(CO)c1. The van der Waals surface area contributed by atoms with Gasteiger partial charge in [0.2, 0.25) is 10.0 Å². The van der Waals surface area contributed by atoms with E-state index in [2.05, 4.69) is 0 Å². The van der Waals surface area contributed by atoms with Crippen molar-refractivity contribution in [1.82, 2.24) is 4.31 Å². The van der Waals surface area contributed by atoms with Crippen LogP contribution in [0.2, 0.25) is 0 Å². The third-order valence-electron chi connectivity index (χ3n) is 2.71. The first kappa shape index (κ1) is 16.9. The highest BCUT2D eigenvalue weighted by Crippen LogP contribution is 2.21. The molecule has 0 radical (unpaired) electrons. The van der Waals surface area contributed by atoms with Gasteiger partial charge in [-0.1, -0.05) is 24.3 Å². The molecule has 1 aromatic rings. The second-order valence-corrected chi connectivity index (χ2v) is 6.50. The largest absolute Gasteiger partial charge is 0.392 e. The van der Waals surface area contributed by atoms with Gasteiger partial charge in [-0.25, -0.2) is 12.7 Å². The number of aliphatic hydroxyl groups is 1. The fourth-order valence-corrected chi connectivity index (χ4v) is 2.75. The second kappa shape index (κ2) is 6.55. The topological polar surface area (TPSA) is 57.6 Å². The Hall–Kier alpha value is -1.12. The van der Waals surface area contributed by atoms with Gasteiger partial charge in [-0.2, -0.15) is 13.2 Å². The van der Waals surface area contributed by atoms with Crippen molar-refractivity contribution in [3.63, 3.8) is 0 Å². The van der Waals surface area contributed by atoms with Gasteiger partial charge in [-0.15, -0.1) is 0 Å². The predicted molar refractivity (Wildman–Crippen MR) is 68.3 cm³/mol.